The molecule has 1 aromatic rings. The van der Waals surface area contributed by atoms with E-state index < -0.39 is 11.7 Å². The molecule has 0 saturated heterocycles. The average Bonchev–Trinajstić information content (AvgIpc) is 2.25. The molecule has 112 valence electrons. The number of rotatable bonds is 4. The maximum Gasteiger partial charge on any atom is 0.416 e. The van der Waals surface area contributed by atoms with Gasteiger partial charge in [0.2, 0.25) is 0 Å². The van der Waals surface area contributed by atoms with Crippen molar-refractivity contribution in [1.29, 1.82) is 0 Å². The lowest BCUT2D eigenvalue weighted by atomic mass is 9.59. The third-order valence-corrected chi connectivity index (χ3v) is 4.45. The zero-order chi connectivity index (χ0) is 15.0. The van der Waals surface area contributed by atoms with E-state index in [-0.39, 0.29) is 11.5 Å². The summed E-state index contributed by atoms with van der Waals surface area (Å²) in [6.45, 7) is 4.19. The third kappa shape index (κ3) is 2.85. The Labute approximate surface area is 118 Å². The van der Waals surface area contributed by atoms with Gasteiger partial charge in [0.25, 0.3) is 0 Å². The Morgan fingerprint density at radius 3 is 2.35 bits per heavy atom. The second-order valence-electron chi connectivity index (χ2n) is 6.32. The minimum Gasteiger partial charge on any atom is -0.327 e. The van der Waals surface area contributed by atoms with Crippen molar-refractivity contribution in [1.82, 2.24) is 0 Å². The first-order valence-corrected chi connectivity index (χ1v) is 7.19. The Bertz CT molecular complexity index is 461. The fourth-order valence-corrected chi connectivity index (χ4v) is 3.17. The number of hydrogen-bond donors (Lipinski definition) is 1. The number of nitrogens with two attached hydrogens (primary N) is 1. The lowest BCUT2D eigenvalue weighted by molar-refractivity contribution is -0.137. The molecule has 2 rings (SSSR count). The highest BCUT2D eigenvalue weighted by atomic mass is 19.4. The van der Waals surface area contributed by atoms with Crippen molar-refractivity contribution in [3.05, 3.63) is 35.4 Å². The first kappa shape index (κ1) is 15.4. The number of alkyl halides is 3. The summed E-state index contributed by atoms with van der Waals surface area (Å²) in [6, 6.07) is 5.65. The van der Waals surface area contributed by atoms with E-state index in [1.165, 1.54) is 12.1 Å². The normalized spacial score (nSPS) is 19.8. The molecule has 1 fully saturated rings. The van der Waals surface area contributed by atoms with Crippen LogP contribution in [-0.4, -0.2) is 6.04 Å². The highest BCUT2D eigenvalue weighted by molar-refractivity contribution is 5.35. The topological polar surface area (TPSA) is 26.0 Å². The second kappa shape index (κ2) is 5.40. The van der Waals surface area contributed by atoms with Gasteiger partial charge in [0.15, 0.2) is 0 Å². The van der Waals surface area contributed by atoms with Gasteiger partial charge in [0.1, 0.15) is 0 Å². The maximum atomic E-state index is 12.9. The molecule has 1 aliphatic rings. The number of benzene rings is 1. The van der Waals surface area contributed by atoms with Crippen LogP contribution in [0, 0.1) is 5.92 Å². The first-order valence-electron chi connectivity index (χ1n) is 7.19. The van der Waals surface area contributed by atoms with Crippen molar-refractivity contribution in [3.8, 4) is 0 Å². The number of hydrogen-bond acceptors (Lipinski definition) is 1. The van der Waals surface area contributed by atoms with Crippen LogP contribution in [0.1, 0.15) is 50.7 Å². The van der Waals surface area contributed by atoms with Crippen molar-refractivity contribution in [2.45, 2.75) is 57.2 Å². The molecule has 2 N–H and O–H groups in total. The molecular weight excluding hydrogens is 263 g/mol. The molecule has 1 aromatic carbocycles. The molecule has 0 amide bonds. The van der Waals surface area contributed by atoms with Gasteiger partial charge >= 0.3 is 6.18 Å². The van der Waals surface area contributed by atoms with E-state index in [1.807, 2.05) is 0 Å². The van der Waals surface area contributed by atoms with Gasteiger partial charge in [-0.1, -0.05) is 38.5 Å². The van der Waals surface area contributed by atoms with Gasteiger partial charge in [-0.05, 0) is 36.8 Å². The lowest BCUT2D eigenvalue weighted by Crippen LogP contribution is -2.51. The van der Waals surface area contributed by atoms with Crippen molar-refractivity contribution in [2.24, 2.45) is 11.7 Å². The minimum absolute atomic E-state index is 0.0697. The minimum atomic E-state index is -4.29. The van der Waals surface area contributed by atoms with Crippen LogP contribution in [0.4, 0.5) is 13.2 Å². The van der Waals surface area contributed by atoms with E-state index in [2.05, 4.69) is 13.8 Å². The van der Waals surface area contributed by atoms with Crippen LogP contribution in [0.5, 0.6) is 0 Å². The van der Waals surface area contributed by atoms with Crippen molar-refractivity contribution >= 4 is 0 Å². The second-order valence-corrected chi connectivity index (χ2v) is 6.32. The fourth-order valence-electron chi connectivity index (χ4n) is 3.17. The lowest BCUT2D eigenvalue weighted by Gasteiger charge is -2.47. The van der Waals surface area contributed by atoms with Crippen molar-refractivity contribution in [3.63, 3.8) is 0 Å². The van der Waals surface area contributed by atoms with Gasteiger partial charge in [-0.2, -0.15) is 13.2 Å². The van der Waals surface area contributed by atoms with E-state index >= 15 is 0 Å². The summed E-state index contributed by atoms with van der Waals surface area (Å²) in [7, 11) is 0. The van der Waals surface area contributed by atoms with Gasteiger partial charge in [-0.3, -0.25) is 0 Å². The largest absolute Gasteiger partial charge is 0.416 e. The monoisotopic (exact) mass is 285 g/mol. The standard InChI is InChI=1S/C16H22F3N/c1-11(2)9-14(20)15(7-4-8-15)12-5-3-6-13(10-12)16(17,18)19/h3,5-6,10-11,14H,4,7-9,20H2,1-2H3. The Morgan fingerprint density at radius 2 is 1.90 bits per heavy atom. The molecule has 4 heteroatoms. The molecule has 1 atom stereocenters. The summed E-state index contributed by atoms with van der Waals surface area (Å²) < 4.78 is 38.6. The predicted octanol–water partition coefficient (Wildman–Crippen LogP) is 4.50. The highest BCUT2D eigenvalue weighted by Gasteiger charge is 2.44. The van der Waals surface area contributed by atoms with E-state index in [4.69, 9.17) is 5.73 Å². The molecule has 1 nitrogen and oxygen atoms in total. The van der Waals surface area contributed by atoms with Gasteiger partial charge in [-0.25, -0.2) is 0 Å². The van der Waals surface area contributed by atoms with Crippen LogP contribution in [-0.2, 0) is 11.6 Å². The van der Waals surface area contributed by atoms with E-state index in [9.17, 15) is 13.2 Å². The van der Waals surface area contributed by atoms with Crippen LogP contribution < -0.4 is 5.73 Å². The van der Waals surface area contributed by atoms with E-state index in [1.54, 1.807) is 6.07 Å². The van der Waals surface area contributed by atoms with Crippen molar-refractivity contribution in [2.75, 3.05) is 0 Å². The third-order valence-electron chi connectivity index (χ3n) is 4.45. The molecule has 0 bridgehead atoms. The molecule has 1 saturated carbocycles. The van der Waals surface area contributed by atoms with Crippen LogP contribution in [0.25, 0.3) is 0 Å². The van der Waals surface area contributed by atoms with Gasteiger partial charge in [-0.15, -0.1) is 0 Å². The first-order chi connectivity index (χ1) is 9.25. The summed E-state index contributed by atoms with van der Waals surface area (Å²) in [5.41, 5.74) is 6.25. The zero-order valence-electron chi connectivity index (χ0n) is 12.0. The summed E-state index contributed by atoms with van der Waals surface area (Å²) in [6.07, 6.45) is -0.619. The molecular formula is C16H22F3N. The zero-order valence-corrected chi connectivity index (χ0v) is 12.0. The maximum absolute atomic E-state index is 12.9. The predicted molar refractivity (Wildman–Crippen MR) is 74.4 cm³/mol. The molecule has 0 radical (unpaired) electrons. The summed E-state index contributed by atoms with van der Waals surface area (Å²) in [5.74, 6) is 0.452. The van der Waals surface area contributed by atoms with Gasteiger partial charge < -0.3 is 5.73 Å². The molecule has 1 unspecified atom stereocenters. The highest BCUT2D eigenvalue weighted by Crippen LogP contribution is 2.48. The Kier molecular flexibility index (Phi) is 4.14. The van der Waals surface area contributed by atoms with Crippen molar-refractivity contribution < 1.29 is 13.2 Å². The Balaban J connectivity index is 2.32. The number of halogens is 3. The Morgan fingerprint density at radius 1 is 1.25 bits per heavy atom. The van der Waals surface area contributed by atoms with E-state index in [0.29, 0.717) is 5.92 Å². The van der Waals surface area contributed by atoms with Crippen LogP contribution in [0.3, 0.4) is 0 Å². The average molecular weight is 285 g/mol. The molecule has 0 aliphatic heterocycles. The molecule has 0 heterocycles. The Hall–Kier alpha value is -1.03. The molecule has 0 spiro atoms. The van der Waals surface area contributed by atoms with Crippen LogP contribution in [0.15, 0.2) is 24.3 Å². The summed E-state index contributed by atoms with van der Waals surface area (Å²) >= 11 is 0. The summed E-state index contributed by atoms with van der Waals surface area (Å²) in [4.78, 5) is 0. The van der Waals surface area contributed by atoms with Crippen LogP contribution >= 0.6 is 0 Å². The van der Waals surface area contributed by atoms with Gasteiger partial charge in [0, 0.05) is 11.5 Å². The molecule has 1 aliphatic carbocycles. The quantitative estimate of drug-likeness (QED) is 0.866. The smallest absolute Gasteiger partial charge is 0.327 e. The summed E-state index contributed by atoms with van der Waals surface area (Å²) in [5, 5.41) is 0. The fraction of sp³-hybridized carbons (Fsp3) is 0.625. The van der Waals surface area contributed by atoms with Crippen LogP contribution in [0.2, 0.25) is 0 Å². The van der Waals surface area contributed by atoms with Gasteiger partial charge in [0.05, 0.1) is 5.56 Å². The molecule has 0 aromatic heterocycles. The molecule has 20 heavy (non-hydrogen) atoms. The SMILES string of the molecule is CC(C)CC(N)C1(c2cccc(C(F)(F)F)c2)CCC1. The van der Waals surface area contributed by atoms with E-state index in [0.717, 1.165) is 37.3 Å².